The standard InChI is InChI=1S/C14H16BrFN8O4/c1-17-11(7-24(26)27)18-4-5-19-13-12(22-28-23-13)14(21-25)20-8-2-3-10(16)9(15)6-8/h2-3,6-7,17-18,25H,4-5H2,1H3,(H,19,23)(H,20,21). The van der Waals surface area contributed by atoms with Crippen molar-refractivity contribution in [3.63, 3.8) is 0 Å². The van der Waals surface area contributed by atoms with Crippen LogP contribution < -0.4 is 21.3 Å². The fourth-order valence-electron chi connectivity index (χ4n) is 1.98. The highest BCUT2D eigenvalue weighted by atomic mass is 79.9. The molecule has 0 saturated heterocycles. The molecule has 5 N–H and O–H groups in total. The van der Waals surface area contributed by atoms with Crippen molar-refractivity contribution in [3.05, 3.63) is 56.3 Å². The van der Waals surface area contributed by atoms with Gasteiger partial charge in [0.25, 0.3) is 6.20 Å². The topological polar surface area (TPSA) is 163 Å². The number of rotatable bonds is 9. The van der Waals surface area contributed by atoms with E-state index in [1.807, 2.05) is 0 Å². The summed E-state index contributed by atoms with van der Waals surface area (Å²) in [6, 6.07) is 4.12. The number of amidine groups is 1. The largest absolute Gasteiger partial charge is 0.409 e. The molecule has 2 aromatic rings. The van der Waals surface area contributed by atoms with Crippen LogP contribution in [0.15, 0.2) is 44.5 Å². The quantitative estimate of drug-likeness (QED) is 0.0928. The van der Waals surface area contributed by atoms with E-state index in [0.29, 0.717) is 18.8 Å². The molecule has 28 heavy (non-hydrogen) atoms. The molecule has 0 bridgehead atoms. The number of anilines is 2. The predicted molar refractivity (Wildman–Crippen MR) is 101 cm³/mol. The molecular formula is C14H16BrFN8O4. The first-order valence-electron chi connectivity index (χ1n) is 7.72. The number of benzene rings is 1. The highest BCUT2D eigenvalue weighted by Crippen LogP contribution is 2.21. The van der Waals surface area contributed by atoms with Gasteiger partial charge in [0.2, 0.25) is 11.7 Å². The van der Waals surface area contributed by atoms with Crippen molar-refractivity contribution in [1.29, 1.82) is 0 Å². The summed E-state index contributed by atoms with van der Waals surface area (Å²) in [5, 5.41) is 41.3. The second-order valence-corrected chi connectivity index (χ2v) is 5.95. The first kappa shape index (κ1) is 20.9. The average molecular weight is 459 g/mol. The maximum absolute atomic E-state index is 13.3. The molecule has 0 spiro atoms. The van der Waals surface area contributed by atoms with Crippen LogP contribution in [-0.2, 0) is 0 Å². The van der Waals surface area contributed by atoms with Gasteiger partial charge >= 0.3 is 0 Å². The van der Waals surface area contributed by atoms with E-state index in [1.165, 1.54) is 18.2 Å². The average Bonchev–Trinajstić information content (AvgIpc) is 3.13. The number of nitro groups is 1. The van der Waals surface area contributed by atoms with Gasteiger partial charge in [-0.3, -0.25) is 10.1 Å². The van der Waals surface area contributed by atoms with E-state index in [2.05, 4.69) is 57.3 Å². The van der Waals surface area contributed by atoms with E-state index in [-0.39, 0.29) is 27.6 Å². The summed E-state index contributed by atoms with van der Waals surface area (Å²) >= 11 is 3.06. The number of halogens is 2. The second kappa shape index (κ2) is 10.1. The molecular weight excluding hydrogens is 443 g/mol. The number of hydrogen-bond donors (Lipinski definition) is 5. The van der Waals surface area contributed by atoms with Gasteiger partial charge in [-0.25, -0.2) is 9.02 Å². The minimum absolute atomic E-state index is 0.0811. The van der Waals surface area contributed by atoms with Gasteiger partial charge in [0.1, 0.15) is 5.82 Å². The zero-order valence-electron chi connectivity index (χ0n) is 14.4. The van der Waals surface area contributed by atoms with Crippen molar-refractivity contribution in [1.82, 2.24) is 20.9 Å². The van der Waals surface area contributed by atoms with Gasteiger partial charge in [-0.1, -0.05) is 5.16 Å². The molecule has 1 aromatic heterocycles. The Labute approximate surface area is 166 Å². The van der Waals surface area contributed by atoms with Crippen LogP contribution in [0.3, 0.4) is 0 Å². The molecule has 1 aromatic carbocycles. The third-order valence-electron chi connectivity index (χ3n) is 3.23. The van der Waals surface area contributed by atoms with Gasteiger partial charge in [-0.05, 0) is 44.4 Å². The highest BCUT2D eigenvalue weighted by molar-refractivity contribution is 9.10. The van der Waals surface area contributed by atoms with E-state index < -0.39 is 10.7 Å². The molecule has 2 rings (SSSR count). The summed E-state index contributed by atoms with van der Waals surface area (Å²) in [5.74, 6) is -0.128. The Morgan fingerprint density at radius 1 is 1.46 bits per heavy atom. The number of nitrogens with zero attached hydrogens (tertiary/aromatic N) is 4. The minimum Gasteiger partial charge on any atom is -0.409 e. The molecule has 0 aliphatic carbocycles. The molecule has 14 heteroatoms. The Bertz CT molecular complexity index is 888. The molecule has 12 nitrogen and oxygen atoms in total. The third-order valence-corrected chi connectivity index (χ3v) is 3.84. The summed E-state index contributed by atoms with van der Waals surface area (Å²) in [6.45, 7) is 0.593. The molecule has 0 unspecified atom stereocenters. The van der Waals surface area contributed by atoms with Crippen LogP contribution in [-0.4, -0.2) is 46.4 Å². The molecule has 0 atom stereocenters. The smallest absolute Gasteiger partial charge is 0.274 e. The summed E-state index contributed by atoms with van der Waals surface area (Å²) in [7, 11) is 1.54. The van der Waals surface area contributed by atoms with Crippen molar-refractivity contribution >= 4 is 33.3 Å². The summed E-state index contributed by atoms with van der Waals surface area (Å²) < 4.78 is 18.2. The van der Waals surface area contributed by atoms with Gasteiger partial charge < -0.3 is 26.5 Å². The summed E-state index contributed by atoms with van der Waals surface area (Å²) in [6.07, 6.45) is 0.796. The van der Waals surface area contributed by atoms with Crippen LogP contribution in [0.2, 0.25) is 0 Å². The maximum Gasteiger partial charge on any atom is 0.274 e. The van der Waals surface area contributed by atoms with Gasteiger partial charge in [-0.2, -0.15) is 0 Å². The lowest BCUT2D eigenvalue weighted by Gasteiger charge is -2.10. The van der Waals surface area contributed by atoms with Crippen LogP contribution in [0, 0.1) is 15.9 Å². The van der Waals surface area contributed by atoms with E-state index in [9.17, 15) is 19.7 Å². The summed E-state index contributed by atoms with van der Waals surface area (Å²) in [5.41, 5.74) is 0.512. The Morgan fingerprint density at radius 2 is 2.25 bits per heavy atom. The number of hydrogen-bond acceptors (Lipinski definition) is 10. The zero-order valence-corrected chi connectivity index (χ0v) is 16.0. The van der Waals surface area contributed by atoms with Gasteiger partial charge in [-0.15, -0.1) is 0 Å². The van der Waals surface area contributed by atoms with Gasteiger partial charge in [0.05, 0.1) is 9.40 Å². The lowest BCUT2D eigenvalue weighted by atomic mass is 10.3. The van der Waals surface area contributed by atoms with Crippen LogP contribution in [0.25, 0.3) is 0 Å². The molecule has 0 fully saturated rings. The van der Waals surface area contributed by atoms with Crippen LogP contribution in [0.4, 0.5) is 15.9 Å². The van der Waals surface area contributed by atoms with Crippen molar-refractivity contribution in [2.75, 3.05) is 30.8 Å². The monoisotopic (exact) mass is 458 g/mol. The second-order valence-electron chi connectivity index (χ2n) is 5.10. The van der Waals surface area contributed by atoms with Crippen LogP contribution >= 0.6 is 15.9 Å². The molecule has 1 heterocycles. The number of aromatic nitrogens is 2. The fraction of sp³-hybridized carbons (Fsp3) is 0.214. The third kappa shape index (κ3) is 5.80. The lowest BCUT2D eigenvalue weighted by Crippen LogP contribution is -2.29. The first-order chi connectivity index (χ1) is 13.4. The molecule has 0 aliphatic rings. The van der Waals surface area contributed by atoms with E-state index in [0.717, 1.165) is 6.20 Å². The fourth-order valence-corrected chi connectivity index (χ4v) is 2.36. The van der Waals surface area contributed by atoms with Crippen molar-refractivity contribution in [2.45, 2.75) is 0 Å². The SMILES string of the molecule is CNC(=C[N+](=O)[O-])NCCNc1nonc1C(=NO)Nc1ccc(F)c(Br)c1. The Morgan fingerprint density at radius 3 is 2.89 bits per heavy atom. The molecule has 0 radical (unpaired) electrons. The summed E-state index contributed by atoms with van der Waals surface area (Å²) in [4.78, 5) is 9.88. The van der Waals surface area contributed by atoms with Gasteiger partial charge in [0.15, 0.2) is 11.5 Å². The van der Waals surface area contributed by atoms with E-state index >= 15 is 0 Å². The van der Waals surface area contributed by atoms with E-state index in [4.69, 9.17) is 0 Å². The van der Waals surface area contributed by atoms with Crippen molar-refractivity contribution in [3.8, 4) is 0 Å². The Kier molecular flexibility index (Phi) is 7.50. The van der Waals surface area contributed by atoms with Crippen LogP contribution in [0.1, 0.15) is 5.69 Å². The highest BCUT2D eigenvalue weighted by Gasteiger charge is 2.18. The molecule has 0 aliphatic heterocycles. The lowest BCUT2D eigenvalue weighted by molar-refractivity contribution is -0.404. The first-order valence-corrected chi connectivity index (χ1v) is 8.51. The van der Waals surface area contributed by atoms with Crippen molar-refractivity contribution < 1.29 is 19.2 Å². The molecule has 0 amide bonds. The Balaban J connectivity index is 1.99. The van der Waals surface area contributed by atoms with Crippen LogP contribution in [0.5, 0.6) is 0 Å². The Hall–Kier alpha value is -3.42. The van der Waals surface area contributed by atoms with Crippen molar-refractivity contribution in [2.24, 2.45) is 5.16 Å². The zero-order chi connectivity index (χ0) is 20.5. The molecule has 0 saturated carbocycles. The van der Waals surface area contributed by atoms with E-state index in [1.54, 1.807) is 7.05 Å². The number of oxime groups is 1. The maximum atomic E-state index is 13.3. The predicted octanol–water partition coefficient (Wildman–Crippen LogP) is 1.52. The molecule has 150 valence electrons. The van der Waals surface area contributed by atoms with Gasteiger partial charge in [0, 0.05) is 25.8 Å². The minimum atomic E-state index is -0.588. The number of nitrogens with one attached hydrogen (secondary N) is 4. The normalized spacial score (nSPS) is 11.8.